The number of rotatable bonds is 8. The number of hydrogen-bond donors (Lipinski definition) is 2. The van der Waals surface area contributed by atoms with Crippen LogP contribution in [0.4, 0.5) is 0 Å². The van der Waals surface area contributed by atoms with Crippen molar-refractivity contribution < 1.29 is 29.3 Å². The van der Waals surface area contributed by atoms with Crippen LogP contribution in [0.15, 0.2) is 24.3 Å². The van der Waals surface area contributed by atoms with Crippen molar-refractivity contribution in [1.82, 2.24) is 0 Å². The molecular weight excluding hydrogens is 348 g/mol. The lowest BCUT2D eigenvalue weighted by atomic mass is 9.48. The first-order chi connectivity index (χ1) is 12.9. The fourth-order valence-electron chi connectivity index (χ4n) is 5.36. The Balaban J connectivity index is 2.33. The van der Waals surface area contributed by atoms with Gasteiger partial charge in [-0.05, 0) is 49.4 Å². The molecule has 27 heavy (non-hydrogen) atoms. The number of carbonyl (C=O) groups is 2. The van der Waals surface area contributed by atoms with Gasteiger partial charge < -0.3 is 19.7 Å². The first-order valence-corrected chi connectivity index (χ1v) is 9.81. The summed E-state index contributed by atoms with van der Waals surface area (Å²) in [4.78, 5) is 24.2. The predicted molar refractivity (Wildman–Crippen MR) is 100 cm³/mol. The maximum Gasteiger partial charge on any atom is 0.335 e. The van der Waals surface area contributed by atoms with Gasteiger partial charge in [0.15, 0.2) is 13.6 Å². The number of aliphatic hydroxyl groups excluding tert-OH is 2. The van der Waals surface area contributed by atoms with Crippen molar-refractivity contribution in [3.8, 4) is 0 Å². The van der Waals surface area contributed by atoms with E-state index in [9.17, 15) is 9.59 Å². The Morgan fingerprint density at radius 3 is 1.59 bits per heavy atom. The van der Waals surface area contributed by atoms with E-state index in [4.69, 9.17) is 19.7 Å². The normalized spacial score (nSPS) is 20.7. The summed E-state index contributed by atoms with van der Waals surface area (Å²) < 4.78 is 9.45. The summed E-state index contributed by atoms with van der Waals surface area (Å²) in [5.74, 6) is -1.20. The first-order valence-electron chi connectivity index (χ1n) is 9.81. The Labute approximate surface area is 161 Å². The highest BCUT2D eigenvalue weighted by Crippen LogP contribution is 2.63. The molecule has 0 heterocycles. The Bertz CT molecular complexity index is 533. The lowest BCUT2D eigenvalue weighted by Gasteiger charge is -2.56. The maximum absolute atomic E-state index is 12.1. The Morgan fingerprint density at radius 2 is 1.15 bits per heavy atom. The molecule has 0 radical (unpaired) electrons. The average Bonchev–Trinajstić information content (AvgIpc) is 2.65. The summed E-state index contributed by atoms with van der Waals surface area (Å²) >= 11 is 0. The zero-order valence-electron chi connectivity index (χ0n) is 16.1. The SMILES string of the molecule is C=C(CC1(CC(=C)C(=O)OCO)CCCCC12CCCCC2)C(=O)OCO. The van der Waals surface area contributed by atoms with Crippen LogP contribution in [-0.2, 0) is 19.1 Å². The van der Waals surface area contributed by atoms with Gasteiger partial charge in [-0.2, -0.15) is 0 Å². The van der Waals surface area contributed by atoms with Gasteiger partial charge in [0.1, 0.15) is 0 Å². The molecule has 0 unspecified atom stereocenters. The largest absolute Gasteiger partial charge is 0.435 e. The molecule has 0 aromatic heterocycles. The van der Waals surface area contributed by atoms with Gasteiger partial charge in [0.2, 0.25) is 0 Å². The van der Waals surface area contributed by atoms with Crippen molar-refractivity contribution in [3.63, 3.8) is 0 Å². The molecule has 0 aromatic carbocycles. The smallest absolute Gasteiger partial charge is 0.335 e. The van der Waals surface area contributed by atoms with E-state index < -0.39 is 25.5 Å². The van der Waals surface area contributed by atoms with E-state index in [1.807, 2.05) is 0 Å². The monoisotopic (exact) mass is 380 g/mol. The van der Waals surface area contributed by atoms with Crippen LogP contribution < -0.4 is 0 Å². The van der Waals surface area contributed by atoms with Gasteiger partial charge in [-0.25, -0.2) is 9.59 Å². The Kier molecular flexibility index (Phi) is 7.62. The highest BCUT2D eigenvalue weighted by molar-refractivity contribution is 5.89. The molecule has 6 nitrogen and oxygen atoms in total. The van der Waals surface area contributed by atoms with Gasteiger partial charge in [0, 0.05) is 11.1 Å². The lowest BCUT2D eigenvalue weighted by Crippen LogP contribution is -2.47. The second-order valence-electron chi connectivity index (χ2n) is 8.01. The third kappa shape index (κ3) is 4.79. The lowest BCUT2D eigenvalue weighted by molar-refractivity contribution is -0.148. The number of ether oxygens (including phenoxy) is 2. The molecule has 2 N–H and O–H groups in total. The molecule has 0 aliphatic heterocycles. The molecule has 0 aromatic rings. The van der Waals surface area contributed by atoms with Crippen LogP contribution >= 0.6 is 0 Å². The van der Waals surface area contributed by atoms with Gasteiger partial charge in [0.25, 0.3) is 0 Å². The van der Waals surface area contributed by atoms with Crippen molar-refractivity contribution in [2.75, 3.05) is 13.6 Å². The van der Waals surface area contributed by atoms with Gasteiger partial charge in [-0.3, -0.25) is 0 Å². The second kappa shape index (κ2) is 9.51. The Hall–Kier alpha value is -1.66. The van der Waals surface area contributed by atoms with E-state index in [0.29, 0.717) is 24.0 Å². The van der Waals surface area contributed by atoms with E-state index in [1.54, 1.807) is 0 Å². The minimum Gasteiger partial charge on any atom is -0.435 e. The standard InChI is InChI=1S/C21H32O6/c1-16(18(24)26-14-22)12-21(13-17(2)19(25)27-15-23)11-7-6-10-20(21)8-4-3-5-9-20/h22-23H,1-15H2. The molecular formula is C21H32O6. The van der Waals surface area contributed by atoms with Crippen LogP contribution in [0.3, 0.4) is 0 Å². The quantitative estimate of drug-likeness (QED) is 0.381. The topological polar surface area (TPSA) is 93.1 Å². The van der Waals surface area contributed by atoms with Crippen LogP contribution in [0.25, 0.3) is 0 Å². The van der Waals surface area contributed by atoms with Crippen molar-refractivity contribution in [2.24, 2.45) is 10.8 Å². The van der Waals surface area contributed by atoms with Gasteiger partial charge in [0.05, 0.1) is 0 Å². The van der Waals surface area contributed by atoms with E-state index in [-0.39, 0.29) is 10.8 Å². The molecule has 2 aliphatic rings. The maximum atomic E-state index is 12.1. The highest BCUT2D eigenvalue weighted by atomic mass is 16.6. The molecule has 6 heteroatoms. The summed E-state index contributed by atoms with van der Waals surface area (Å²) in [5, 5.41) is 17.8. The van der Waals surface area contributed by atoms with Crippen LogP contribution in [0.2, 0.25) is 0 Å². The van der Waals surface area contributed by atoms with Crippen molar-refractivity contribution in [3.05, 3.63) is 24.3 Å². The van der Waals surface area contributed by atoms with Gasteiger partial charge in [-0.15, -0.1) is 0 Å². The predicted octanol–water partition coefficient (Wildman–Crippen LogP) is 3.38. The molecule has 2 rings (SSSR count). The second-order valence-corrected chi connectivity index (χ2v) is 8.01. The molecule has 152 valence electrons. The zero-order chi connectivity index (χ0) is 19.9. The molecule has 0 saturated heterocycles. The molecule has 2 saturated carbocycles. The van der Waals surface area contributed by atoms with Crippen LogP contribution in [0.5, 0.6) is 0 Å². The molecule has 0 bridgehead atoms. The number of esters is 2. The molecule has 2 aliphatic carbocycles. The molecule has 0 atom stereocenters. The average molecular weight is 380 g/mol. The fraction of sp³-hybridized carbons (Fsp3) is 0.714. The molecule has 0 amide bonds. The van der Waals surface area contributed by atoms with Gasteiger partial charge in [-0.1, -0.05) is 45.3 Å². The van der Waals surface area contributed by atoms with Crippen molar-refractivity contribution in [1.29, 1.82) is 0 Å². The summed E-state index contributed by atoms with van der Waals surface area (Å²) in [6.45, 7) is 6.46. The Morgan fingerprint density at radius 1 is 0.741 bits per heavy atom. The third-order valence-electron chi connectivity index (χ3n) is 6.57. The molecule has 1 spiro atoms. The zero-order valence-corrected chi connectivity index (χ0v) is 16.1. The van der Waals surface area contributed by atoms with E-state index >= 15 is 0 Å². The third-order valence-corrected chi connectivity index (χ3v) is 6.57. The summed E-state index contributed by atoms with van der Waals surface area (Å²) in [5.41, 5.74) is 0.357. The van der Waals surface area contributed by atoms with Crippen LogP contribution in [0.1, 0.15) is 70.6 Å². The van der Waals surface area contributed by atoms with E-state index in [2.05, 4.69) is 13.2 Å². The number of hydrogen-bond acceptors (Lipinski definition) is 6. The van der Waals surface area contributed by atoms with Crippen LogP contribution in [-0.4, -0.2) is 35.7 Å². The number of carbonyl (C=O) groups excluding carboxylic acids is 2. The first kappa shape index (κ1) is 21.6. The summed E-state index contributed by atoms with van der Waals surface area (Å²) in [6, 6.07) is 0. The minimum atomic E-state index is -0.675. The van der Waals surface area contributed by atoms with Gasteiger partial charge >= 0.3 is 11.9 Å². The minimum absolute atomic E-state index is 0.0361. The summed E-state index contributed by atoms with van der Waals surface area (Å²) in [6.07, 6.45) is 10.6. The molecule has 2 fully saturated rings. The highest BCUT2D eigenvalue weighted by Gasteiger charge is 2.53. The van der Waals surface area contributed by atoms with Crippen molar-refractivity contribution in [2.45, 2.75) is 70.6 Å². The van der Waals surface area contributed by atoms with E-state index in [0.717, 1.165) is 51.4 Å². The number of aliphatic hydroxyl groups is 2. The van der Waals surface area contributed by atoms with Crippen LogP contribution in [0, 0.1) is 10.8 Å². The van der Waals surface area contributed by atoms with Crippen molar-refractivity contribution >= 4 is 11.9 Å². The fourth-order valence-corrected chi connectivity index (χ4v) is 5.36. The summed E-state index contributed by atoms with van der Waals surface area (Å²) in [7, 11) is 0. The van der Waals surface area contributed by atoms with E-state index in [1.165, 1.54) is 6.42 Å².